The highest BCUT2D eigenvalue weighted by atomic mass is 35.5. The molecule has 1 aliphatic heterocycles. The normalized spacial score (nSPS) is 16.9. The molecule has 0 saturated carbocycles. The largest absolute Gasteiger partial charge is 0.369 e. The molecule has 90 valence electrons. The first-order valence-electron chi connectivity index (χ1n) is 5.91. The van der Waals surface area contributed by atoms with E-state index in [9.17, 15) is 0 Å². The van der Waals surface area contributed by atoms with Crippen LogP contribution in [0.15, 0.2) is 18.2 Å². The molecule has 1 aliphatic rings. The number of rotatable bonds is 2. The first kappa shape index (κ1) is 12.2. The zero-order chi connectivity index (χ0) is 12.3. The zero-order valence-corrected chi connectivity index (χ0v) is 10.7. The van der Waals surface area contributed by atoms with Crippen LogP contribution in [0.2, 0.25) is 5.02 Å². The fourth-order valence-corrected chi connectivity index (χ4v) is 2.33. The summed E-state index contributed by atoms with van der Waals surface area (Å²) in [6, 6.07) is 7.75. The molecule has 0 radical (unpaired) electrons. The number of halogens is 1. The van der Waals surface area contributed by atoms with Gasteiger partial charge in [0.15, 0.2) is 0 Å². The van der Waals surface area contributed by atoms with Gasteiger partial charge in [0.1, 0.15) is 6.07 Å². The number of likely N-dealkylation sites (N-methyl/N-ethyl adjacent to an activating group) is 1. The third-order valence-electron chi connectivity index (χ3n) is 3.26. The van der Waals surface area contributed by atoms with Gasteiger partial charge in [-0.15, -0.1) is 0 Å². The lowest BCUT2D eigenvalue weighted by atomic mass is 10.2. The van der Waals surface area contributed by atoms with Gasteiger partial charge in [0.2, 0.25) is 0 Å². The fraction of sp³-hybridized carbons (Fsp3) is 0.462. The summed E-state index contributed by atoms with van der Waals surface area (Å²) in [5.41, 5.74) is 1.66. The highest BCUT2D eigenvalue weighted by Gasteiger charge is 2.16. The average molecular weight is 250 g/mol. The number of anilines is 1. The van der Waals surface area contributed by atoms with Crippen LogP contribution in [-0.4, -0.2) is 37.6 Å². The minimum absolute atomic E-state index is 0.544. The van der Waals surface area contributed by atoms with Crippen LogP contribution in [0.3, 0.4) is 0 Å². The molecule has 1 heterocycles. The lowest BCUT2D eigenvalue weighted by molar-refractivity contribution is 0.271. The molecule has 0 spiro atoms. The van der Waals surface area contributed by atoms with E-state index >= 15 is 0 Å². The summed E-state index contributed by atoms with van der Waals surface area (Å²) in [6.45, 7) is 7.53. The average Bonchev–Trinajstić information content (AvgIpc) is 2.39. The molecule has 17 heavy (non-hydrogen) atoms. The molecular formula is C13H16ClN3. The molecular weight excluding hydrogens is 234 g/mol. The minimum atomic E-state index is 0.544. The number of piperazine rings is 1. The van der Waals surface area contributed by atoms with Gasteiger partial charge in [0.25, 0.3) is 0 Å². The van der Waals surface area contributed by atoms with E-state index < -0.39 is 0 Å². The molecule has 0 N–H and O–H groups in total. The zero-order valence-electron chi connectivity index (χ0n) is 9.99. The summed E-state index contributed by atoms with van der Waals surface area (Å²) < 4.78 is 0. The van der Waals surface area contributed by atoms with E-state index in [0.29, 0.717) is 10.6 Å². The van der Waals surface area contributed by atoms with E-state index in [2.05, 4.69) is 22.8 Å². The smallest absolute Gasteiger partial charge is 0.101 e. The van der Waals surface area contributed by atoms with Crippen molar-refractivity contribution in [1.29, 1.82) is 5.26 Å². The number of hydrogen-bond donors (Lipinski definition) is 0. The van der Waals surface area contributed by atoms with Crippen molar-refractivity contribution in [1.82, 2.24) is 4.90 Å². The monoisotopic (exact) mass is 249 g/mol. The van der Waals surface area contributed by atoms with E-state index in [0.717, 1.165) is 38.4 Å². The maximum absolute atomic E-state index is 8.83. The summed E-state index contributed by atoms with van der Waals surface area (Å²) in [5.74, 6) is 0. The van der Waals surface area contributed by atoms with Gasteiger partial charge in [0, 0.05) is 31.9 Å². The lowest BCUT2D eigenvalue weighted by Gasteiger charge is -2.35. The van der Waals surface area contributed by atoms with Crippen molar-refractivity contribution < 1.29 is 0 Å². The Labute approximate surface area is 107 Å². The number of nitrogens with zero attached hydrogens (tertiary/aromatic N) is 3. The summed E-state index contributed by atoms with van der Waals surface area (Å²) in [4.78, 5) is 4.75. The van der Waals surface area contributed by atoms with Gasteiger partial charge in [-0.05, 0) is 24.7 Å². The van der Waals surface area contributed by atoms with Gasteiger partial charge in [-0.25, -0.2) is 0 Å². The number of hydrogen-bond acceptors (Lipinski definition) is 3. The Hall–Kier alpha value is -1.24. The van der Waals surface area contributed by atoms with Gasteiger partial charge >= 0.3 is 0 Å². The maximum Gasteiger partial charge on any atom is 0.101 e. The van der Waals surface area contributed by atoms with Crippen molar-refractivity contribution in [2.75, 3.05) is 37.6 Å². The highest BCUT2D eigenvalue weighted by Crippen LogP contribution is 2.24. The third-order valence-corrected chi connectivity index (χ3v) is 3.57. The van der Waals surface area contributed by atoms with E-state index in [1.54, 1.807) is 6.07 Å². The summed E-state index contributed by atoms with van der Waals surface area (Å²) >= 11 is 6.05. The van der Waals surface area contributed by atoms with Gasteiger partial charge in [-0.1, -0.05) is 18.5 Å². The fourth-order valence-electron chi connectivity index (χ4n) is 2.11. The highest BCUT2D eigenvalue weighted by molar-refractivity contribution is 6.32. The van der Waals surface area contributed by atoms with Crippen LogP contribution in [0.4, 0.5) is 5.69 Å². The molecule has 0 aromatic heterocycles. The predicted molar refractivity (Wildman–Crippen MR) is 70.5 cm³/mol. The molecule has 4 heteroatoms. The molecule has 1 saturated heterocycles. The lowest BCUT2D eigenvalue weighted by Crippen LogP contribution is -2.46. The summed E-state index contributed by atoms with van der Waals surface area (Å²) in [5, 5.41) is 9.38. The predicted octanol–water partition coefficient (Wildman–Crippen LogP) is 2.35. The molecule has 0 aliphatic carbocycles. The van der Waals surface area contributed by atoms with Crippen molar-refractivity contribution in [3.05, 3.63) is 28.8 Å². The molecule has 1 aromatic rings. The molecule has 0 bridgehead atoms. The van der Waals surface area contributed by atoms with Gasteiger partial charge in [-0.2, -0.15) is 5.26 Å². The Morgan fingerprint density at radius 3 is 2.53 bits per heavy atom. The second-order valence-corrected chi connectivity index (χ2v) is 4.60. The van der Waals surface area contributed by atoms with Crippen LogP contribution >= 0.6 is 11.6 Å². The number of nitriles is 1. The maximum atomic E-state index is 8.83. The second-order valence-electron chi connectivity index (χ2n) is 4.20. The van der Waals surface area contributed by atoms with Gasteiger partial charge in [-0.3, -0.25) is 0 Å². The van der Waals surface area contributed by atoms with Gasteiger partial charge < -0.3 is 9.80 Å². The minimum Gasteiger partial charge on any atom is -0.369 e. The molecule has 0 atom stereocenters. The van der Waals surface area contributed by atoms with Crippen molar-refractivity contribution >= 4 is 17.3 Å². The van der Waals surface area contributed by atoms with Crippen molar-refractivity contribution in [2.45, 2.75) is 6.92 Å². The Kier molecular flexibility index (Phi) is 3.88. The van der Waals surface area contributed by atoms with Crippen LogP contribution < -0.4 is 4.90 Å². The van der Waals surface area contributed by atoms with E-state index in [1.165, 1.54) is 0 Å². The number of benzene rings is 1. The molecule has 1 aromatic carbocycles. The Morgan fingerprint density at radius 1 is 1.29 bits per heavy atom. The summed E-state index contributed by atoms with van der Waals surface area (Å²) in [7, 11) is 0. The van der Waals surface area contributed by atoms with E-state index in [-0.39, 0.29) is 0 Å². The first-order valence-corrected chi connectivity index (χ1v) is 6.29. The molecule has 0 amide bonds. The van der Waals surface area contributed by atoms with Crippen molar-refractivity contribution in [3.8, 4) is 6.07 Å². The van der Waals surface area contributed by atoms with Crippen molar-refractivity contribution in [3.63, 3.8) is 0 Å². The Morgan fingerprint density at radius 2 is 2.00 bits per heavy atom. The van der Waals surface area contributed by atoms with Crippen LogP contribution in [0.25, 0.3) is 0 Å². The Balaban J connectivity index is 2.09. The molecule has 1 fully saturated rings. The first-order chi connectivity index (χ1) is 8.24. The van der Waals surface area contributed by atoms with E-state index in [1.807, 2.05) is 12.1 Å². The SMILES string of the molecule is CCN1CCN(c2ccc(C#N)c(Cl)c2)CC1. The standard InChI is InChI=1S/C13H16ClN3/c1-2-16-5-7-17(8-6-16)12-4-3-11(10-15)13(14)9-12/h3-4,9H,2,5-8H2,1H3. The summed E-state index contributed by atoms with van der Waals surface area (Å²) in [6.07, 6.45) is 0. The van der Waals surface area contributed by atoms with Gasteiger partial charge in [0.05, 0.1) is 10.6 Å². The van der Waals surface area contributed by atoms with Crippen LogP contribution in [0, 0.1) is 11.3 Å². The van der Waals surface area contributed by atoms with Crippen LogP contribution in [0.5, 0.6) is 0 Å². The molecule has 0 unspecified atom stereocenters. The van der Waals surface area contributed by atoms with Crippen LogP contribution in [-0.2, 0) is 0 Å². The quantitative estimate of drug-likeness (QED) is 0.806. The third kappa shape index (κ3) is 2.71. The van der Waals surface area contributed by atoms with Crippen molar-refractivity contribution in [2.24, 2.45) is 0 Å². The Bertz CT molecular complexity index is 431. The van der Waals surface area contributed by atoms with E-state index in [4.69, 9.17) is 16.9 Å². The second kappa shape index (κ2) is 5.39. The topological polar surface area (TPSA) is 30.3 Å². The van der Waals surface area contributed by atoms with Crippen LogP contribution in [0.1, 0.15) is 12.5 Å². The molecule has 3 nitrogen and oxygen atoms in total. The molecule has 2 rings (SSSR count).